The van der Waals surface area contributed by atoms with E-state index in [-0.39, 0.29) is 12.0 Å². The highest BCUT2D eigenvalue weighted by Gasteiger charge is 2.17. The molecule has 0 aromatic heterocycles. The number of hydrogen-bond acceptors (Lipinski definition) is 3. The zero-order valence-corrected chi connectivity index (χ0v) is 7.45. The molecule has 0 unspecified atom stereocenters. The Labute approximate surface area is 79.7 Å². The molecule has 0 atom stereocenters. The fourth-order valence-corrected chi connectivity index (χ4v) is 1.15. The predicted molar refractivity (Wildman–Crippen MR) is 47.1 cm³/mol. The van der Waals surface area contributed by atoms with Gasteiger partial charge in [-0.1, -0.05) is 6.07 Å². The SMILES string of the molecule is Cc1cc(CC#N)cc([N+](=O)[O-])c1F. The number of nitro groups is 1. The van der Waals surface area contributed by atoms with Gasteiger partial charge in [0.05, 0.1) is 17.4 Å². The quantitative estimate of drug-likeness (QED) is 0.534. The Bertz CT molecular complexity index is 424. The van der Waals surface area contributed by atoms with Crippen LogP contribution < -0.4 is 0 Å². The first-order chi connectivity index (χ1) is 6.56. The highest BCUT2D eigenvalue weighted by molar-refractivity contribution is 5.41. The van der Waals surface area contributed by atoms with E-state index in [1.165, 1.54) is 13.0 Å². The summed E-state index contributed by atoms with van der Waals surface area (Å²) in [7, 11) is 0. The largest absolute Gasteiger partial charge is 0.305 e. The van der Waals surface area contributed by atoms with Gasteiger partial charge in [-0.05, 0) is 18.1 Å². The first-order valence-electron chi connectivity index (χ1n) is 3.86. The van der Waals surface area contributed by atoms with Crippen LogP contribution >= 0.6 is 0 Å². The summed E-state index contributed by atoms with van der Waals surface area (Å²) < 4.78 is 13.1. The van der Waals surface area contributed by atoms with Gasteiger partial charge in [-0.2, -0.15) is 9.65 Å². The molecule has 0 aliphatic heterocycles. The van der Waals surface area contributed by atoms with Gasteiger partial charge in [0.2, 0.25) is 5.82 Å². The van der Waals surface area contributed by atoms with Crippen LogP contribution in [0.5, 0.6) is 0 Å². The smallest absolute Gasteiger partial charge is 0.258 e. The van der Waals surface area contributed by atoms with Gasteiger partial charge in [0.15, 0.2) is 0 Å². The van der Waals surface area contributed by atoms with Crippen molar-refractivity contribution in [3.8, 4) is 6.07 Å². The van der Waals surface area contributed by atoms with Gasteiger partial charge in [-0.15, -0.1) is 0 Å². The molecular weight excluding hydrogens is 187 g/mol. The van der Waals surface area contributed by atoms with Gasteiger partial charge < -0.3 is 0 Å². The molecule has 0 amide bonds. The molecule has 0 bridgehead atoms. The van der Waals surface area contributed by atoms with Gasteiger partial charge in [-0.25, -0.2) is 0 Å². The predicted octanol–water partition coefficient (Wildman–Crippen LogP) is 2.11. The number of aryl methyl sites for hydroxylation is 1. The van der Waals surface area contributed by atoms with E-state index in [4.69, 9.17) is 5.26 Å². The third-order valence-electron chi connectivity index (χ3n) is 1.77. The number of hydrogen-bond donors (Lipinski definition) is 0. The fraction of sp³-hybridized carbons (Fsp3) is 0.222. The molecule has 0 spiro atoms. The Morgan fingerprint density at radius 2 is 2.29 bits per heavy atom. The van der Waals surface area contributed by atoms with E-state index < -0.39 is 16.4 Å². The monoisotopic (exact) mass is 194 g/mol. The zero-order valence-electron chi connectivity index (χ0n) is 7.45. The summed E-state index contributed by atoms with van der Waals surface area (Å²) in [6.07, 6.45) is 0.0436. The van der Waals surface area contributed by atoms with Crippen LogP contribution in [0.25, 0.3) is 0 Å². The minimum absolute atomic E-state index is 0.0436. The summed E-state index contributed by atoms with van der Waals surface area (Å²) in [5.41, 5.74) is 0.0674. The molecule has 0 aliphatic rings. The lowest BCUT2D eigenvalue weighted by molar-refractivity contribution is -0.387. The van der Waals surface area contributed by atoms with Crippen molar-refractivity contribution in [1.82, 2.24) is 0 Å². The molecule has 0 saturated heterocycles. The Morgan fingerprint density at radius 1 is 1.64 bits per heavy atom. The zero-order chi connectivity index (χ0) is 10.7. The molecule has 0 aliphatic carbocycles. The summed E-state index contributed by atoms with van der Waals surface area (Å²) in [4.78, 5) is 9.62. The molecule has 14 heavy (non-hydrogen) atoms. The molecular formula is C9H7FN2O2. The molecule has 4 nitrogen and oxygen atoms in total. The van der Waals surface area contributed by atoms with Crippen LogP contribution in [-0.2, 0) is 6.42 Å². The van der Waals surface area contributed by atoms with Gasteiger partial charge in [0.25, 0.3) is 0 Å². The summed E-state index contributed by atoms with van der Waals surface area (Å²) in [5.74, 6) is -0.836. The normalized spacial score (nSPS) is 9.50. The van der Waals surface area contributed by atoms with E-state index in [0.29, 0.717) is 5.56 Å². The van der Waals surface area contributed by atoms with E-state index in [1.54, 1.807) is 0 Å². The van der Waals surface area contributed by atoms with E-state index >= 15 is 0 Å². The fourth-order valence-electron chi connectivity index (χ4n) is 1.15. The maximum atomic E-state index is 13.1. The Kier molecular flexibility index (Phi) is 2.77. The lowest BCUT2D eigenvalue weighted by Gasteiger charge is -2.00. The molecule has 0 saturated carbocycles. The Hall–Kier alpha value is -1.96. The van der Waals surface area contributed by atoms with Crippen LogP contribution in [0.15, 0.2) is 12.1 Å². The standard InChI is InChI=1S/C9H7FN2O2/c1-6-4-7(2-3-11)5-8(9(6)10)12(13)14/h4-5H,2H2,1H3. The Balaban J connectivity index is 3.29. The molecule has 1 aromatic rings. The van der Waals surface area contributed by atoms with Crippen molar-refractivity contribution in [3.05, 3.63) is 39.2 Å². The third kappa shape index (κ3) is 1.85. The van der Waals surface area contributed by atoms with Crippen molar-refractivity contribution in [2.45, 2.75) is 13.3 Å². The van der Waals surface area contributed by atoms with E-state index in [2.05, 4.69) is 0 Å². The lowest BCUT2D eigenvalue weighted by atomic mass is 10.1. The second kappa shape index (κ2) is 3.83. The Morgan fingerprint density at radius 3 is 2.79 bits per heavy atom. The van der Waals surface area contributed by atoms with E-state index in [1.807, 2.05) is 6.07 Å². The highest BCUT2D eigenvalue weighted by atomic mass is 19.1. The molecule has 5 heteroatoms. The van der Waals surface area contributed by atoms with Crippen molar-refractivity contribution >= 4 is 5.69 Å². The van der Waals surface area contributed by atoms with Crippen molar-refractivity contribution < 1.29 is 9.31 Å². The number of nitriles is 1. The molecule has 72 valence electrons. The number of rotatable bonds is 2. The number of halogens is 1. The first kappa shape index (κ1) is 10.1. The second-order valence-corrected chi connectivity index (χ2v) is 2.84. The van der Waals surface area contributed by atoms with E-state index in [0.717, 1.165) is 6.07 Å². The maximum Gasteiger partial charge on any atom is 0.305 e. The molecule has 0 heterocycles. The third-order valence-corrected chi connectivity index (χ3v) is 1.77. The van der Waals surface area contributed by atoms with Gasteiger partial charge in [0.1, 0.15) is 0 Å². The minimum atomic E-state index is -0.836. The number of nitro benzene ring substituents is 1. The van der Waals surface area contributed by atoms with Crippen LogP contribution in [0.3, 0.4) is 0 Å². The summed E-state index contributed by atoms with van der Waals surface area (Å²) in [6, 6.07) is 4.38. The summed E-state index contributed by atoms with van der Waals surface area (Å²) in [5, 5.41) is 18.8. The second-order valence-electron chi connectivity index (χ2n) is 2.84. The van der Waals surface area contributed by atoms with Crippen molar-refractivity contribution in [3.63, 3.8) is 0 Å². The van der Waals surface area contributed by atoms with Gasteiger partial charge >= 0.3 is 5.69 Å². The van der Waals surface area contributed by atoms with Crippen LogP contribution in [-0.4, -0.2) is 4.92 Å². The van der Waals surface area contributed by atoms with Crippen LogP contribution in [0.4, 0.5) is 10.1 Å². The van der Waals surface area contributed by atoms with Crippen molar-refractivity contribution in [1.29, 1.82) is 5.26 Å². The number of nitrogens with zero attached hydrogens (tertiary/aromatic N) is 2. The maximum absolute atomic E-state index is 13.1. The topological polar surface area (TPSA) is 66.9 Å². The summed E-state index contributed by atoms with van der Waals surface area (Å²) in [6.45, 7) is 1.43. The summed E-state index contributed by atoms with van der Waals surface area (Å²) >= 11 is 0. The van der Waals surface area contributed by atoms with Crippen molar-refractivity contribution in [2.75, 3.05) is 0 Å². The van der Waals surface area contributed by atoms with Crippen LogP contribution in [0.2, 0.25) is 0 Å². The lowest BCUT2D eigenvalue weighted by Crippen LogP contribution is -1.97. The molecule has 1 aromatic carbocycles. The highest BCUT2D eigenvalue weighted by Crippen LogP contribution is 2.22. The molecule has 0 fully saturated rings. The average Bonchev–Trinajstić information content (AvgIpc) is 2.11. The van der Waals surface area contributed by atoms with Crippen LogP contribution in [0.1, 0.15) is 11.1 Å². The minimum Gasteiger partial charge on any atom is -0.258 e. The number of benzene rings is 1. The molecule has 0 radical (unpaired) electrons. The van der Waals surface area contributed by atoms with Gasteiger partial charge in [-0.3, -0.25) is 10.1 Å². The molecule has 0 N–H and O–H groups in total. The van der Waals surface area contributed by atoms with E-state index in [9.17, 15) is 14.5 Å². The first-order valence-corrected chi connectivity index (χ1v) is 3.86. The molecule has 1 rings (SSSR count). The van der Waals surface area contributed by atoms with Crippen LogP contribution in [0, 0.1) is 34.2 Å². The average molecular weight is 194 g/mol. The van der Waals surface area contributed by atoms with Crippen molar-refractivity contribution in [2.24, 2.45) is 0 Å². The van der Waals surface area contributed by atoms with Gasteiger partial charge in [0, 0.05) is 6.07 Å².